The van der Waals surface area contributed by atoms with Gasteiger partial charge in [-0.25, -0.2) is 14.8 Å². The van der Waals surface area contributed by atoms with E-state index in [9.17, 15) is 14.4 Å². The van der Waals surface area contributed by atoms with Gasteiger partial charge in [0.15, 0.2) is 10.3 Å². The molecule has 30 heavy (non-hydrogen) atoms. The van der Waals surface area contributed by atoms with E-state index in [0.29, 0.717) is 23.1 Å². The molecule has 0 atom stereocenters. The smallest absolute Gasteiger partial charge is 0.325 e. The zero-order chi connectivity index (χ0) is 21.5. The van der Waals surface area contributed by atoms with E-state index < -0.39 is 11.9 Å². The van der Waals surface area contributed by atoms with Crippen LogP contribution in [0.3, 0.4) is 0 Å². The Kier molecular flexibility index (Phi) is 7.09. The first kappa shape index (κ1) is 21.4. The van der Waals surface area contributed by atoms with Crippen LogP contribution >= 0.6 is 22.7 Å². The van der Waals surface area contributed by atoms with Crippen molar-refractivity contribution in [3.63, 3.8) is 0 Å². The second-order valence-electron chi connectivity index (χ2n) is 6.06. The first-order valence-corrected chi connectivity index (χ1v) is 10.7. The number of amides is 3. The molecule has 3 rings (SSSR count). The number of rotatable bonds is 7. The largest absolute Gasteiger partial charge is 0.466 e. The van der Waals surface area contributed by atoms with E-state index >= 15 is 0 Å². The molecule has 1 aromatic carbocycles. The fourth-order valence-electron chi connectivity index (χ4n) is 2.30. The Morgan fingerprint density at radius 3 is 2.40 bits per heavy atom. The van der Waals surface area contributed by atoms with Gasteiger partial charge >= 0.3 is 12.0 Å². The molecule has 2 aromatic heterocycles. The van der Waals surface area contributed by atoms with Crippen molar-refractivity contribution in [2.24, 2.45) is 0 Å². The van der Waals surface area contributed by atoms with Gasteiger partial charge in [-0.1, -0.05) is 17.7 Å². The molecule has 0 aliphatic heterocycles. The first-order chi connectivity index (χ1) is 14.4. The number of hydrogen-bond donors (Lipinski definition) is 3. The van der Waals surface area contributed by atoms with E-state index in [4.69, 9.17) is 4.74 Å². The summed E-state index contributed by atoms with van der Waals surface area (Å²) >= 11 is 2.32. The predicted molar refractivity (Wildman–Crippen MR) is 116 cm³/mol. The molecule has 3 aromatic rings. The summed E-state index contributed by atoms with van der Waals surface area (Å²) in [6, 6.07) is 6.90. The highest BCUT2D eigenvalue weighted by Crippen LogP contribution is 2.20. The SMILES string of the molecule is CCOC(=O)Cc1csc(NC(=O)c2csc(NC(=O)Nc3ccc(C)cc3)n2)n1. The van der Waals surface area contributed by atoms with Gasteiger partial charge in [-0.2, -0.15) is 0 Å². The van der Waals surface area contributed by atoms with Crippen LogP contribution in [0.25, 0.3) is 0 Å². The summed E-state index contributed by atoms with van der Waals surface area (Å²) in [5.41, 5.74) is 2.40. The number of thiazole rings is 2. The molecule has 0 unspecified atom stereocenters. The van der Waals surface area contributed by atoms with Crippen LogP contribution in [0.2, 0.25) is 0 Å². The standard InChI is InChI=1S/C19H19N5O4S2/c1-3-28-15(25)8-13-9-29-18(21-13)23-16(26)14-10-30-19(22-14)24-17(27)20-12-6-4-11(2)5-7-12/h4-7,9-10H,3,8H2,1-2H3,(H,21,23,26)(H2,20,22,24,27). The highest BCUT2D eigenvalue weighted by atomic mass is 32.1. The number of aromatic nitrogens is 2. The van der Waals surface area contributed by atoms with Gasteiger partial charge < -0.3 is 10.1 Å². The van der Waals surface area contributed by atoms with Crippen molar-refractivity contribution in [3.8, 4) is 0 Å². The van der Waals surface area contributed by atoms with Crippen LogP contribution in [0.15, 0.2) is 35.0 Å². The number of nitrogens with zero attached hydrogens (tertiary/aromatic N) is 2. The topological polar surface area (TPSA) is 122 Å². The van der Waals surface area contributed by atoms with Gasteiger partial charge in [-0.05, 0) is 26.0 Å². The number of carbonyl (C=O) groups excluding carboxylic acids is 3. The second kappa shape index (κ2) is 9.94. The van der Waals surface area contributed by atoms with Crippen molar-refractivity contribution < 1.29 is 19.1 Å². The number of anilines is 3. The Bertz CT molecular complexity index is 1050. The van der Waals surface area contributed by atoms with Gasteiger partial charge in [0.1, 0.15) is 5.69 Å². The fourth-order valence-corrected chi connectivity index (χ4v) is 3.69. The number of benzene rings is 1. The van der Waals surface area contributed by atoms with Crippen LogP contribution in [0, 0.1) is 6.92 Å². The summed E-state index contributed by atoms with van der Waals surface area (Å²) in [6.07, 6.45) is 0.0427. The van der Waals surface area contributed by atoms with Crippen LogP contribution in [-0.2, 0) is 16.0 Å². The molecule has 0 saturated heterocycles. The summed E-state index contributed by atoms with van der Waals surface area (Å²) in [5.74, 6) is -0.838. The van der Waals surface area contributed by atoms with Gasteiger partial charge in [0, 0.05) is 16.4 Å². The molecule has 0 radical (unpaired) electrons. The molecular formula is C19H19N5O4S2. The summed E-state index contributed by atoms with van der Waals surface area (Å²) in [6.45, 7) is 3.99. The van der Waals surface area contributed by atoms with Gasteiger partial charge in [-0.3, -0.25) is 20.2 Å². The van der Waals surface area contributed by atoms with Crippen molar-refractivity contribution in [1.29, 1.82) is 0 Å². The van der Waals surface area contributed by atoms with Crippen molar-refractivity contribution in [2.45, 2.75) is 20.3 Å². The minimum atomic E-state index is -0.463. The van der Waals surface area contributed by atoms with Gasteiger partial charge in [0.05, 0.1) is 18.7 Å². The predicted octanol–water partition coefficient (Wildman–Crippen LogP) is 3.91. The Balaban J connectivity index is 1.53. The lowest BCUT2D eigenvalue weighted by Gasteiger charge is -2.05. The van der Waals surface area contributed by atoms with Gasteiger partial charge in [0.25, 0.3) is 5.91 Å². The van der Waals surface area contributed by atoms with Crippen LogP contribution in [0.4, 0.5) is 20.7 Å². The molecule has 9 nitrogen and oxygen atoms in total. The highest BCUT2D eigenvalue weighted by molar-refractivity contribution is 7.14. The Morgan fingerprint density at radius 2 is 1.67 bits per heavy atom. The minimum Gasteiger partial charge on any atom is -0.466 e. The van der Waals surface area contributed by atoms with E-state index in [2.05, 4.69) is 25.9 Å². The summed E-state index contributed by atoms with van der Waals surface area (Å²) < 4.78 is 4.87. The normalized spacial score (nSPS) is 10.3. The third-order valence-electron chi connectivity index (χ3n) is 3.67. The summed E-state index contributed by atoms with van der Waals surface area (Å²) in [5, 5.41) is 11.8. The number of aryl methyl sites for hydroxylation is 1. The Labute approximate surface area is 180 Å². The second-order valence-corrected chi connectivity index (χ2v) is 7.78. The molecule has 0 fully saturated rings. The Hall–Kier alpha value is -3.31. The molecule has 0 bridgehead atoms. The molecule has 0 spiro atoms. The van der Waals surface area contributed by atoms with E-state index in [1.807, 2.05) is 19.1 Å². The van der Waals surface area contributed by atoms with E-state index in [1.165, 1.54) is 16.7 Å². The third kappa shape index (κ3) is 6.09. The number of hydrogen-bond acceptors (Lipinski definition) is 8. The zero-order valence-electron chi connectivity index (χ0n) is 16.2. The monoisotopic (exact) mass is 445 g/mol. The van der Waals surface area contributed by atoms with Gasteiger partial charge in [0.2, 0.25) is 0 Å². The maximum Gasteiger partial charge on any atom is 0.325 e. The van der Waals surface area contributed by atoms with Crippen LogP contribution in [-0.4, -0.2) is 34.5 Å². The van der Waals surface area contributed by atoms with Crippen molar-refractivity contribution in [1.82, 2.24) is 9.97 Å². The molecule has 0 aliphatic rings. The lowest BCUT2D eigenvalue weighted by atomic mass is 10.2. The van der Waals surface area contributed by atoms with Crippen molar-refractivity contribution >= 4 is 56.5 Å². The maximum atomic E-state index is 12.3. The lowest BCUT2D eigenvalue weighted by molar-refractivity contribution is -0.142. The average molecular weight is 446 g/mol. The molecule has 0 aliphatic carbocycles. The molecule has 3 N–H and O–H groups in total. The molecule has 2 heterocycles. The van der Waals surface area contributed by atoms with Crippen molar-refractivity contribution in [2.75, 3.05) is 22.6 Å². The molecule has 156 valence electrons. The molecule has 11 heteroatoms. The van der Waals surface area contributed by atoms with Crippen molar-refractivity contribution in [3.05, 3.63) is 52.0 Å². The number of esters is 1. The molecular weight excluding hydrogens is 426 g/mol. The van der Waals surface area contributed by atoms with E-state index in [-0.39, 0.29) is 23.2 Å². The quantitative estimate of drug-likeness (QED) is 0.474. The average Bonchev–Trinajstić information content (AvgIpc) is 3.33. The van der Waals surface area contributed by atoms with Gasteiger partial charge in [-0.15, -0.1) is 22.7 Å². The number of carbonyl (C=O) groups is 3. The van der Waals surface area contributed by atoms with Crippen LogP contribution in [0.1, 0.15) is 28.7 Å². The van der Waals surface area contributed by atoms with E-state index in [0.717, 1.165) is 16.9 Å². The first-order valence-electron chi connectivity index (χ1n) is 8.94. The summed E-state index contributed by atoms with van der Waals surface area (Å²) in [7, 11) is 0. The molecule has 3 amide bonds. The number of urea groups is 1. The number of nitrogens with one attached hydrogen (secondary N) is 3. The minimum absolute atomic E-state index is 0.0427. The highest BCUT2D eigenvalue weighted by Gasteiger charge is 2.15. The Morgan fingerprint density at radius 1 is 0.967 bits per heavy atom. The molecule has 0 saturated carbocycles. The van der Waals surface area contributed by atoms with E-state index in [1.54, 1.807) is 24.4 Å². The van der Waals surface area contributed by atoms with Crippen LogP contribution < -0.4 is 16.0 Å². The summed E-state index contributed by atoms with van der Waals surface area (Å²) in [4.78, 5) is 44.2. The number of ether oxygens (including phenoxy) is 1. The fraction of sp³-hybridized carbons (Fsp3) is 0.211. The zero-order valence-corrected chi connectivity index (χ0v) is 17.9. The lowest BCUT2D eigenvalue weighted by Crippen LogP contribution is -2.19. The van der Waals surface area contributed by atoms with Crippen LogP contribution in [0.5, 0.6) is 0 Å². The third-order valence-corrected chi connectivity index (χ3v) is 5.23. The maximum absolute atomic E-state index is 12.3.